The molecule has 5 heteroatoms. The van der Waals surface area contributed by atoms with Gasteiger partial charge in [-0.1, -0.05) is 42.5 Å². The Morgan fingerprint density at radius 1 is 1.14 bits per heavy atom. The van der Waals surface area contributed by atoms with Crippen molar-refractivity contribution in [3.05, 3.63) is 78.1 Å². The van der Waals surface area contributed by atoms with Crippen LogP contribution in [-0.2, 0) is 0 Å². The molecule has 1 aromatic heterocycles. The third kappa shape index (κ3) is 4.49. The molecule has 1 N–H and O–H groups in total. The van der Waals surface area contributed by atoms with E-state index in [0.29, 0.717) is 24.6 Å². The van der Waals surface area contributed by atoms with E-state index in [-0.39, 0.29) is 5.91 Å². The van der Waals surface area contributed by atoms with Crippen molar-refractivity contribution in [3.8, 4) is 11.4 Å². The molecule has 0 aliphatic carbocycles. The molecule has 1 unspecified atom stereocenters. The van der Waals surface area contributed by atoms with Crippen molar-refractivity contribution in [1.82, 2.24) is 14.5 Å². The molecule has 3 aromatic rings. The highest BCUT2D eigenvalue weighted by atomic mass is 16.3. The summed E-state index contributed by atoms with van der Waals surface area (Å²) in [7, 11) is 1.77. The lowest BCUT2D eigenvalue weighted by Crippen LogP contribution is -2.28. The van der Waals surface area contributed by atoms with Crippen LogP contribution in [0.4, 0.5) is 0 Å². The number of benzene rings is 2. The summed E-state index contributed by atoms with van der Waals surface area (Å²) in [6.07, 6.45) is 3.64. The van der Waals surface area contributed by atoms with Crippen molar-refractivity contribution in [1.29, 1.82) is 0 Å². The average Bonchev–Trinajstić information content (AvgIpc) is 3.22. The van der Waals surface area contributed by atoms with Gasteiger partial charge in [-0.2, -0.15) is 0 Å². The summed E-state index contributed by atoms with van der Waals surface area (Å²) >= 11 is 0. The highest BCUT2D eigenvalue weighted by Gasteiger charge is 2.16. The summed E-state index contributed by atoms with van der Waals surface area (Å²) in [5.74, 6) is 0.788. The Balaban J connectivity index is 1.69. The zero-order chi connectivity index (χ0) is 20.1. The quantitative estimate of drug-likeness (QED) is 0.667. The molecule has 0 radical (unpaired) electrons. The molecule has 1 amide bonds. The second-order valence-electron chi connectivity index (χ2n) is 7.27. The standard InChI is InChI=1S/C23H27N3O2/c1-17(2)26-15-13-24-22(26)19-10-7-11-20(16-19)23(28)25(3)14-12-21(27)18-8-5-4-6-9-18/h4-11,13,15-17,21,27H,12,14H2,1-3H3. The van der Waals surface area contributed by atoms with Crippen molar-refractivity contribution in [2.24, 2.45) is 0 Å². The van der Waals surface area contributed by atoms with Gasteiger partial charge in [-0.25, -0.2) is 4.98 Å². The van der Waals surface area contributed by atoms with E-state index in [1.54, 1.807) is 18.1 Å². The average molecular weight is 377 g/mol. The van der Waals surface area contributed by atoms with Crippen LogP contribution in [0.5, 0.6) is 0 Å². The van der Waals surface area contributed by atoms with Gasteiger partial charge in [-0.3, -0.25) is 4.79 Å². The Hall–Kier alpha value is -2.92. The van der Waals surface area contributed by atoms with Crippen molar-refractivity contribution >= 4 is 5.91 Å². The van der Waals surface area contributed by atoms with Gasteiger partial charge in [0, 0.05) is 43.2 Å². The Morgan fingerprint density at radius 2 is 1.89 bits per heavy atom. The van der Waals surface area contributed by atoms with Crippen LogP contribution in [0.15, 0.2) is 67.0 Å². The molecule has 0 fully saturated rings. The molecule has 146 valence electrons. The van der Waals surface area contributed by atoms with E-state index in [1.165, 1.54) is 0 Å². The molecule has 0 aliphatic heterocycles. The second kappa shape index (κ2) is 8.85. The Bertz CT molecular complexity index is 918. The third-order valence-corrected chi connectivity index (χ3v) is 4.86. The summed E-state index contributed by atoms with van der Waals surface area (Å²) in [5.41, 5.74) is 2.40. The van der Waals surface area contributed by atoms with Crippen LogP contribution < -0.4 is 0 Å². The minimum atomic E-state index is -0.582. The minimum Gasteiger partial charge on any atom is -0.388 e. The van der Waals surface area contributed by atoms with E-state index in [0.717, 1.165) is 17.0 Å². The number of carbonyl (C=O) groups excluding carboxylic acids is 1. The number of hydrogen-bond acceptors (Lipinski definition) is 3. The van der Waals surface area contributed by atoms with Gasteiger partial charge in [0.15, 0.2) is 0 Å². The zero-order valence-corrected chi connectivity index (χ0v) is 16.6. The summed E-state index contributed by atoms with van der Waals surface area (Å²) in [5, 5.41) is 10.3. The smallest absolute Gasteiger partial charge is 0.253 e. The molecular formula is C23H27N3O2. The molecule has 0 aliphatic rings. The summed E-state index contributed by atoms with van der Waals surface area (Å²) < 4.78 is 2.09. The molecule has 0 bridgehead atoms. The molecule has 2 aromatic carbocycles. The van der Waals surface area contributed by atoms with Gasteiger partial charge in [0.05, 0.1) is 6.10 Å². The van der Waals surface area contributed by atoms with Crippen molar-refractivity contribution in [2.45, 2.75) is 32.4 Å². The SMILES string of the molecule is CC(C)n1ccnc1-c1cccc(C(=O)N(C)CCC(O)c2ccccc2)c1. The normalized spacial score (nSPS) is 12.2. The van der Waals surface area contributed by atoms with Crippen LogP contribution in [0.1, 0.15) is 48.3 Å². The highest BCUT2D eigenvalue weighted by molar-refractivity contribution is 5.95. The van der Waals surface area contributed by atoms with Crippen LogP contribution >= 0.6 is 0 Å². The molecule has 0 saturated carbocycles. The third-order valence-electron chi connectivity index (χ3n) is 4.86. The van der Waals surface area contributed by atoms with Gasteiger partial charge in [0.1, 0.15) is 5.82 Å². The first-order valence-corrected chi connectivity index (χ1v) is 9.59. The van der Waals surface area contributed by atoms with E-state index < -0.39 is 6.10 Å². The fraction of sp³-hybridized carbons (Fsp3) is 0.304. The highest BCUT2D eigenvalue weighted by Crippen LogP contribution is 2.23. The first kappa shape index (κ1) is 19.8. The number of hydrogen-bond donors (Lipinski definition) is 1. The van der Waals surface area contributed by atoms with Crippen LogP contribution in [0.3, 0.4) is 0 Å². The molecule has 3 rings (SSSR count). The van der Waals surface area contributed by atoms with Crippen LogP contribution in [-0.4, -0.2) is 39.1 Å². The number of rotatable bonds is 7. The maximum Gasteiger partial charge on any atom is 0.253 e. The predicted molar refractivity (Wildman–Crippen MR) is 111 cm³/mol. The number of carbonyl (C=O) groups is 1. The fourth-order valence-corrected chi connectivity index (χ4v) is 3.22. The summed E-state index contributed by atoms with van der Waals surface area (Å²) in [4.78, 5) is 19.0. The monoisotopic (exact) mass is 377 g/mol. The number of aromatic nitrogens is 2. The fourth-order valence-electron chi connectivity index (χ4n) is 3.22. The number of imidazole rings is 1. The van der Waals surface area contributed by atoms with Crippen LogP contribution in [0.2, 0.25) is 0 Å². The minimum absolute atomic E-state index is 0.0650. The van der Waals surface area contributed by atoms with Gasteiger partial charge in [0.25, 0.3) is 5.91 Å². The number of amides is 1. The maximum absolute atomic E-state index is 12.9. The second-order valence-corrected chi connectivity index (χ2v) is 7.27. The van der Waals surface area contributed by atoms with E-state index in [2.05, 4.69) is 23.4 Å². The van der Waals surface area contributed by atoms with Gasteiger partial charge >= 0.3 is 0 Å². The van der Waals surface area contributed by atoms with E-state index in [1.807, 2.05) is 60.8 Å². The first-order chi connectivity index (χ1) is 13.5. The van der Waals surface area contributed by atoms with E-state index in [4.69, 9.17) is 0 Å². The molecule has 28 heavy (non-hydrogen) atoms. The number of aliphatic hydroxyl groups is 1. The Labute approximate surface area is 166 Å². The first-order valence-electron chi connectivity index (χ1n) is 9.59. The van der Waals surface area contributed by atoms with Gasteiger partial charge in [-0.15, -0.1) is 0 Å². The lowest BCUT2D eigenvalue weighted by Gasteiger charge is -2.20. The van der Waals surface area contributed by atoms with Gasteiger partial charge in [-0.05, 0) is 38.0 Å². The zero-order valence-electron chi connectivity index (χ0n) is 16.6. The predicted octanol–water partition coefficient (Wildman–Crippen LogP) is 4.33. The van der Waals surface area contributed by atoms with Crippen LogP contribution in [0, 0.1) is 0 Å². The van der Waals surface area contributed by atoms with E-state index in [9.17, 15) is 9.90 Å². The largest absolute Gasteiger partial charge is 0.388 e. The lowest BCUT2D eigenvalue weighted by molar-refractivity contribution is 0.0761. The molecule has 5 nitrogen and oxygen atoms in total. The molecule has 1 atom stereocenters. The van der Waals surface area contributed by atoms with Crippen LogP contribution in [0.25, 0.3) is 11.4 Å². The van der Waals surface area contributed by atoms with E-state index >= 15 is 0 Å². The number of nitrogens with zero attached hydrogens (tertiary/aromatic N) is 3. The molecule has 1 heterocycles. The van der Waals surface area contributed by atoms with Gasteiger partial charge < -0.3 is 14.6 Å². The van der Waals surface area contributed by atoms with Crippen molar-refractivity contribution < 1.29 is 9.90 Å². The van der Waals surface area contributed by atoms with Gasteiger partial charge in [0.2, 0.25) is 0 Å². The van der Waals surface area contributed by atoms with Crippen molar-refractivity contribution in [2.75, 3.05) is 13.6 Å². The topological polar surface area (TPSA) is 58.4 Å². The molecular weight excluding hydrogens is 350 g/mol. The summed E-state index contributed by atoms with van der Waals surface area (Å²) in [6.45, 7) is 4.68. The Kier molecular flexibility index (Phi) is 6.26. The molecule has 0 spiro atoms. The lowest BCUT2D eigenvalue weighted by atomic mass is 10.1. The maximum atomic E-state index is 12.9. The summed E-state index contributed by atoms with van der Waals surface area (Å²) in [6, 6.07) is 17.4. The molecule has 0 saturated heterocycles. The van der Waals surface area contributed by atoms with Crippen molar-refractivity contribution in [3.63, 3.8) is 0 Å². The number of aliphatic hydroxyl groups excluding tert-OH is 1. The Morgan fingerprint density at radius 3 is 2.61 bits per heavy atom.